The minimum atomic E-state index is 0.579. The molecule has 108 valence electrons. The fourth-order valence-electron chi connectivity index (χ4n) is 2.11. The summed E-state index contributed by atoms with van der Waals surface area (Å²) in [7, 11) is 1.68. The molecule has 0 heterocycles. The molecule has 1 N–H and O–H groups in total. The summed E-state index contributed by atoms with van der Waals surface area (Å²) >= 11 is 0. The highest BCUT2D eigenvalue weighted by atomic mass is 16.5. The Hall–Kier alpha value is -1.22. The summed E-state index contributed by atoms with van der Waals surface area (Å²) in [5.74, 6) is 0.894. The highest BCUT2D eigenvalue weighted by molar-refractivity contribution is 5.47. The smallest absolute Gasteiger partial charge is 0.119 e. The van der Waals surface area contributed by atoms with Gasteiger partial charge in [0.05, 0.1) is 6.61 Å². The summed E-state index contributed by atoms with van der Waals surface area (Å²) in [6.45, 7) is 5.68. The van der Waals surface area contributed by atoms with Gasteiger partial charge in [0.1, 0.15) is 12.4 Å². The van der Waals surface area contributed by atoms with Gasteiger partial charge in [0.25, 0.3) is 0 Å². The predicted octanol–water partition coefficient (Wildman–Crippen LogP) is 4.09. The highest BCUT2D eigenvalue weighted by Crippen LogP contribution is 2.18. The van der Waals surface area contributed by atoms with Gasteiger partial charge >= 0.3 is 0 Å². The Labute approximate surface area is 117 Å². The molecule has 19 heavy (non-hydrogen) atoms. The number of hydrogen-bond donors (Lipinski definition) is 1. The van der Waals surface area contributed by atoms with Crippen LogP contribution in [0.5, 0.6) is 5.75 Å². The van der Waals surface area contributed by atoms with Crippen molar-refractivity contribution in [1.29, 1.82) is 0 Å². The van der Waals surface area contributed by atoms with E-state index in [0.717, 1.165) is 5.75 Å². The Bertz CT molecular complexity index is 318. The van der Waals surface area contributed by atoms with Gasteiger partial charge in [-0.25, -0.2) is 0 Å². The topological polar surface area (TPSA) is 30.5 Å². The lowest BCUT2D eigenvalue weighted by molar-refractivity contribution is 0.146. The predicted molar refractivity (Wildman–Crippen MR) is 81.0 cm³/mol. The van der Waals surface area contributed by atoms with Crippen molar-refractivity contribution in [3.05, 3.63) is 24.3 Å². The van der Waals surface area contributed by atoms with Gasteiger partial charge in [-0.05, 0) is 37.1 Å². The molecule has 0 fully saturated rings. The first kappa shape index (κ1) is 15.8. The zero-order valence-electron chi connectivity index (χ0n) is 12.4. The van der Waals surface area contributed by atoms with Gasteiger partial charge < -0.3 is 14.8 Å². The molecular weight excluding hydrogens is 238 g/mol. The van der Waals surface area contributed by atoms with Crippen LogP contribution in [0, 0.1) is 0 Å². The van der Waals surface area contributed by atoms with E-state index in [2.05, 4.69) is 31.3 Å². The second kappa shape index (κ2) is 9.68. The number of rotatable bonds is 10. The van der Waals surface area contributed by atoms with Crippen LogP contribution in [0.1, 0.15) is 39.5 Å². The Balaban J connectivity index is 2.45. The van der Waals surface area contributed by atoms with Gasteiger partial charge in [0.2, 0.25) is 0 Å². The van der Waals surface area contributed by atoms with Crippen LogP contribution in [0.3, 0.4) is 0 Å². The lowest BCUT2D eigenvalue weighted by Crippen LogP contribution is -2.18. The third-order valence-corrected chi connectivity index (χ3v) is 3.06. The van der Waals surface area contributed by atoms with Crippen LogP contribution < -0.4 is 10.1 Å². The first-order valence-electron chi connectivity index (χ1n) is 7.28. The molecule has 0 saturated carbocycles. The van der Waals surface area contributed by atoms with E-state index in [0.29, 0.717) is 19.3 Å². The molecule has 0 aliphatic rings. The first-order chi connectivity index (χ1) is 9.30. The average molecular weight is 265 g/mol. The van der Waals surface area contributed by atoms with E-state index in [1.165, 1.54) is 31.4 Å². The van der Waals surface area contributed by atoms with Gasteiger partial charge in [-0.3, -0.25) is 0 Å². The van der Waals surface area contributed by atoms with Crippen molar-refractivity contribution in [3.8, 4) is 5.75 Å². The number of nitrogens with one attached hydrogen (secondary N) is 1. The molecule has 1 aromatic rings. The molecule has 0 spiro atoms. The molecular formula is C16H27NO2. The Morgan fingerprint density at radius 2 is 1.63 bits per heavy atom. The fraction of sp³-hybridized carbons (Fsp3) is 0.625. The van der Waals surface area contributed by atoms with Crippen LogP contribution in [0.15, 0.2) is 24.3 Å². The van der Waals surface area contributed by atoms with Crippen LogP contribution in [-0.4, -0.2) is 26.4 Å². The molecule has 0 aliphatic heterocycles. The van der Waals surface area contributed by atoms with Gasteiger partial charge in [0, 0.05) is 18.8 Å². The molecule has 0 saturated heterocycles. The second-order valence-corrected chi connectivity index (χ2v) is 4.78. The maximum Gasteiger partial charge on any atom is 0.119 e. The zero-order valence-corrected chi connectivity index (χ0v) is 12.4. The summed E-state index contributed by atoms with van der Waals surface area (Å²) in [5, 5.41) is 3.60. The quantitative estimate of drug-likeness (QED) is 0.646. The summed E-state index contributed by atoms with van der Waals surface area (Å²) in [5.41, 5.74) is 1.17. The van der Waals surface area contributed by atoms with E-state index in [-0.39, 0.29) is 0 Å². The number of hydrogen-bond acceptors (Lipinski definition) is 3. The fourth-order valence-corrected chi connectivity index (χ4v) is 2.11. The van der Waals surface area contributed by atoms with Gasteiger partial charge in [-0.2, -0.15) is 0 Å². The molecule has 0 aliphatic carbocycles. The minimum Gasteiger partial charge on any atom is -0.491 e. The van der Waals surface area contributed by atoms with Crippen molar-refractivity contribution >= 4 is 5.69 Å². The van der Waals surface area contributed by atoms with Crippen LogP contribution in [0.4, 0.5) is 5.69 Å². The normalized spacial score (nSPS) is 10.7. The van der Waals surface area contributed by atoms with Crippen molar-refractivity contribution in [3.63, 3.8) is 0 Å². The van der Waals surface area contributed by atoms with Crippen molar-refractivity contribution in [1.82, 2.24) is 0 Å². The van der Waals surface area contributed by atoms with Crippen molar-refractivity contribution in [2.45, 2.75) is 45.6 Å². The maximum atomic E-state index is 5.55. The summed E-state index contributed by atoms with van der Waals surface area (Å²) in [6, 6.07) is 8.76. The number of anilines is 1. The Morgan fingerprint density at radius 3 is 2.16 bits per heavy atom. The molecule has 0 atom stereocenters. The zero-order chi connectivity index (χ0) is 13.9. The van der Waals surface area contributed by atoms with Gasteiger partial charge in [-0.15, -0.1) is 0 Å². The molecule has 0 bridgehead atoms. The van der Waals surface area contributed by atoms with Crippen LogP contribution >= 0.6 is 0 Å². The van der Waals surface area contributed by atoms with E-state index in [1.807, 2.05) is 12.1 Å². The van der Waals surface area contributed by atoms with Crippen molar-refractivity contribution in [2.75, 3.05) is 25.6 Å². The maximum absolute atomic E-state index is 5.55. The molecule has 0 amide bonds. The summed E-state index contributed by atoms with van der Waals surface area (Å²) in [4.78, 5) is 0. The van der Waals surface area contributed by atoms with E-state index < -0.39 is 0 Å². The lowest BCUT2D eigenvalue weighted by atomic mass is 10.1. The standard InChI is InChI=1S/C16H27NO2/c1-4-6-14(7-5-2)17-15-8-10-16(11-9-15)19-13-12-18-3/h8-11,14,17H,4-7,12-13H2,1-3H3. The van der Waals surface area contributed by atoms with Crippen LogP contribution in [0.25, 0.3) is 0 Å². The number of methoxy groups -OCH3 is 1. The number of ether oxygens (including phenoxy) is 2. The van der Waals surface area contributed by atoms with Crippen LogP contribution in [-0.2, 0) is 4.74 Å². The van der Waals surface area contributed by atoms with Gasteiger partial charge in [-0.1, -0.05) is 26.7 Å². The largest absolute Gasteiger partial charge is 0.491 e. The van der Waals surface area contributed by atoms with E-state index in [1.54, 1.807) is 7.11 Å². The monoisotopic (exact) mass is 265 g/mol. The molecule has 0 unspecified atom stereocenters. The van der Waals surface area contributed by atoms with E-state index >= 15 is 0 Å². The minimum absolute atomic E-state index is 0.579. The third kappa shape index (κ3) is 6.48. The SMILES string of the molecule is CCCC(CCC)Nc1ccc(OCCOC)cc1. The Kier molecular flexibility index (Phi) is 8.07. The van der Waals surface area contributed by atoms with E-state index in [9.17, 15) is 0 Å². The molecule has 3 heteroatoms. The third-order valence-electron chi connectivity index (χ3n) is 3.06. The van der Waals surface area contributed by atoms with Crippen LogP contribution in [0.2, 0.25) is 0 Å². The first-order valence-corrected chi connectivity index (χ1v) is 7.28. The molecule has 0 aromatic heterocycles. The van der Waals surface area contributed by atoms with Crippen molar-refractivity contribution < 1.29 is 9.47 Å². The number of benzene rings is 1. The lowest BCUT2D eigenvalue weighted by Gasteiger charge is -2.19. The van der Waals surface area contributed by atoms with Crippen molar-refractivity contribution in [2.24, 2.45) is 0 Å². The molecule has 1 aromatic carbocycles. The van der Waals surface area contributed by atoms with E-state index in [4.69, 9.17) is 9.47 Å². The highest BCUT2D eigenvalue weighted by Gasteiger charge is 2.06. The summed E-state index contributed by atoms with van der Waals surface area (Å²) in [6.07, 6.45) is 4.88. The molecule has 3 nitrogen and oxygen atoms in total. The summed E-state index contributed by atoms with van der Waals surface area (Å²) < 4.78 is 10.5. The average Bonchev–Trinajstić information content (AvgIpc) is 2.42. The Morgan fingerprint density at radius 1 is 1.00 bits per heavy atom. The molecule has 0 radical (unpaired) electrons. The van der Waals surface area contributed by atoms with Gasteiger partial charge in [0.15, 0.2) is 0 Å². The second-order valence-electron chi connectivity index (χ2n) is 4.78. The molecule has 1 rings (SSSR count).